The van der Waals surface area contributed by atoms with Gasteiger partial charge in [0, 0.05) is 25.7 Å². The second-order valence-corrected chi connectivity index (χ2v) is 7.25. The summed E-state index contributed by atoms with van der Waals surface area (Å²) < 4.78 is 3.94. The average Bonchev–Trinajstić information content (AvgIpc) is 3.15. The van der Waals surface area contributed by atoms with E-state index in [1.165, 1.54) is 6.42 Å². The molecule has 7 nitrogen and oxygen atoms in total. The van der Waals surface area contributed by atoms with Gasteiger partial charge >= 0.3 is 6.03 Å². The van der Waals surface area contributed by atoms with Crippen LogP contribution in [0.5, 0.6) is 0 Å². The molecular weight excluding hydrogens is 328 g/mol. The van der Waals surface area contributed by atoms with E-state index in [9.17, 15) is 4.79 Å². The van der Waals surface area contributed by atoms with E-state index in [0.29, 0.717) is 12.5 Å². The number of allylic oxidation sites excluding steroid dienone is 2. The van der Waals surface area contributed by atoms with Crippen molar-refractivity contribution in [1.82, 2.24) is 24.5 Å². The van der Waals surface area contributed by atoms with Gasteiger partial charge < -0.3 is 4.90 Å². The van der Waals surface area contributed by atoms with Crippen molar-refractivity contribution in [3.63, 3.8) is 0 Å². The van der Waals surface area contributed by atoms with Gasteiger partial charge in [-0.3, -0.25) is 10.00 Å². The number of amides is 2. The third kappa shape index (κ3) is 3.66. The first-order chi connectivity index (χ1) is 12.7. The monoisotopic (exact) mass is 354 g/mol. The zero-order chi connectivity index (χ0) is 17.9. The van der Waals surface area contributed by atoms with Crippen molar-refractivity contribution < 1.29 is 4.79 Å². The molecule has 1 atom stereocenters. The lowest BCUT2D eigenvalue weighted by molar-refractivity contribution is 0.209. The van der Waals surface area contributed by atoms with Crippen molar-refractivity contribution in [2.45, 2.75) is 52.2 Å². The van der Waals surface area contributed by atoms with Gasteiger partial charge in [0.25, 0.3) is 0 Å². The number of urea groups is 1. The number of hydrogen-bond donors (Lipinski definition) is 1. The number of anilines is 1. The van der Waals surface area contributed by atoms with Gasteiger partial charge in [-0.25, -0.2) is 9.48 Å². The number of aryl methyl sites for hydroxylation is 2. The summed E-state index contributed by atoms with van der Waals surface area (Å²) in [6.45, 7) is 5.02. The van der Waals surface area contributed by atoms with Gasteiger partial charge in [-0.15, -0.1) is 0 Å². The quantitative estimate of drug-likeness (QED) is 0.861. The van der Waals surface area contributed by atoms with Crippen molar-refractivity contribution in [1.29, 1.82) is 0 Å². The van der Waals surface area contributed by atoms with E-state index >= 15 is 0 Å². The molecule has 2 aliphatic rings. The average molecular weight is 354 g/mol. The first-order valence-corrected chi connectivity index (χ1v) is 9.45. The Balaban J connectivity index is 1.42. The number of aromatic nitrogens is 4. The second kappa shape index (κ2) is 7.35. The molecule has 1 aliphatic carbocycles. The van der Waals surface area contributed by atoms with Crippen molar-refractivity contribution >= 4 is 11.8 Å². The van der Waals surface area contributed by atoms with Gasteiger partial charge in [-0.1, -0.05) is 12.2 Å². The summed E-state index contributed by atoms with van der Waals surface area (Å²) in [6, 6.07) is 3.87. The second-order valence-electron chi connectivity index (χ2n) is 7.25. The fourth-order valence-corrected chi connectivity index (χ4v) is 3.82. The van der Waals surface area contributed by atoms with Crippen LogP contribution in [0.2, 0.25) is 0 Å². The van der Waals surface area contributed by atoms with Crippen LogP contribution in [-0.2, 0) is 19.6 Å². The maximum Gasteiger partial charge on any atom is 0.323 e. The number of nitrogens with zero attached hydrogens (tertiary/aromatic N) is 5. The van der Waals surface area contributed by atoms with Gasteiger partial charge in [0.15, 0.2) is 0 Å². The highest BCUT2D eigenvalue weighted by molar-refractivity contribution is 5.88. The number of fused-ring (bicyclic) bond motifs is 1. The Morgan fingerprint density at radius 3 is 3.12 bits per heavy atom. The minimum absolute atomic E-state index is 0.0670. The van der Waals surface area contributed by atoms with Crippen molar-refractivity contribution in [3.05, 3.63) is 41.9 Å². The Labute approximate surface area is 153 Å². The van der Waals surface area contributed by atoms with Gasteiger partial charge in [0.1, 0.15) is 5.82 Å². The first kappa shape index (κ1) is 16.9. The number of carbonyl (C=O) groups is 1. The third-order valence-electron chi connectivity index (χ3n) is 5.18. The van der Waals surface area contributed by atoms with E-state index in [2.05, 4.69) is 33.7 Å². The molecule has 1 N–H and O–H groups in total. The topological polar surface area (TPSA) is 68.0 Å². The smallest absolute Gasteiger partial charge is 0.319 e. The molecule has 138 valence electrons. The van der Waals surface area contributed by atoms with E-state index in [1.54, 1.807) is 6.20 Å². The highest BCUT2D eigenvalue weighted by atomic mass is 16.2. The summed E-state index contributed by atoms with van der Waals surface area (Å²) >= 11 is 0. The lowest BCUT2D eigenvalue weighted by Crippen LogP contribution is -2.35. The van der Waals surface area contributed by atoms with Gasteiger partial charge in [0.2, 0.25) is 0 Å². The zero-order valence-corrected chi connectivity index (χ0v) is 15.3. The van der Waals surface area contributed by atoms with Crippen molar-refractivity contribution in [2.24, 2.45) is 5.92 Å². The molecule has 26 heavy (non-hydrogen) atoms. The normalized spacial score (nSPS) is 19.9. The van der Waals surface area contributed by atoms with Crippen LogP contribution in [0, 0.1) is 12.8 Å². The van der Waals surface area contributed by atoms with Crippen LogP contribution in [-0.4, -0.2) is 37.0 Å². The SMILES string of the molecule is Cc1cc2n(n1)CCCN(C(=O)Nc1ccnn1CC1CC=CCC1)C2. The standard InChI is InChI=1S/C19H26N6O/c1-15-12-17-14-23(10-5-11-24(17)22-15)19(26)21-18-8-9-20-25(18)13-16-6-3-2-4-7-16/h2-3,8-9,12,16H,4-7,10-11,13-14H2,1H3,(H,21,26). The molecule has 2 aromatic rings. The van der Waals surface area contributed by atoms with Gasteiger partial charge in [-0.2, -0.15) is 10.2 Å². The molecule has 0 aromatic carbocycles. The number of carbonyl (C=O) groups excluding carboxylic acids is 1. The fourth-order valence-electron chi connectivity index (χ4n) is 3.82. The molecule has 0 saturated carbocycles. The number of hydrogen-bond acceptors (Lipinski definition) is 3. The van der Waals surface area contributed by atoms with Gasteiger partial charge in [-0.05, 0) is 44.6 Å². The molecule has 0 fully saturated rings. The maximum atomic E-state index is 12.8. The molecule has 0 spiro atoms. The number of nitrogens with one attached hydrogen (secondary N) is 1. The predicted octanol–water partition coefficient (Wildman–Crippen LogP) is 3.18. The Morgan fingerprint density at radius 2 is 2.27 bits per heavy atom. The van der Waals surface area contributed by atoms with E-state index < -0.39 is 0 Å². The molecule has 3 heterocycles. The van der Waals surface area contributed by atoms with Crippen LogP contribution in [0.4, 0.5) is 10.6 Å². The molecule has 7 heteroatoms. The molecule has 0 saturated heterocycles. The highest BCUT2D eigenvalue weighted by Crippen LogP contribution is 2.22. The van der Waals surface area contributed by atoms with E-state index in [0.717, 1.165) is 56.1 Å². The van der Waals surface area contributed by atoms with Crippen LogP contribution in [0.15, 0.2) is 30.5 Å². The molecule has 0 bridgehead atoms. The van der Waals surface area contributed by atoms with Crippen LogP contribution in [0.1, 0.15) is 37.1 Å². The van der Waals surface area contributed by atoms with Crippen LogP contribution in [0.25, 0.3) is 0 Å². The summed E-state index contributed by atoms with van der Waals surface area (Å²) in [5.74, 6) is 1.37. The summed E-state index contributed by atoms with van der Waals surface area (Å²) in [6.07, 6.45) is 10.6. The summed E-state index contributed by atoms with van der Waals surface area (Å²) in [7, 11) is 0. The molecule has 1 unspecified atom stereocenters. The summed E-state index contributed by atoms with van der Waals surface area (Å²) in [5, 5.41) is 12.0. The van der Waals surface area contributed by atoms with Crippen LogP contribution >= 0.6 is 0 Å². The van der Waals surface area contributed by atoms with Gasteiger partial charge in [0.05, 0.1) is 24.1 Å². The molecule has 2 aromatic heterocycles. The van der Waals surface area contributed by atoms with Crippen LogP contribution < -0.4 is 5.32 Å². The Kier molecular flexibility index (Phi) is 4.77. The first-order valence-electron chi connectivity index (χ1n) is 9.45. The van der Waals surface area contributed by atoms with Crippen molar-refractivity contribution in [3.8, 4) is 0 Å². The number of rotatable bonds is 3. The minimum Gasteiger partial charge on any atom is -0.319 e. The van der Waals surface area contributed by atoms with E-state index in [1.807, 2.05) is 27.3 Å². The Bertz CT molecular complexity index is 805. The predicted molar refractivity (Wildman–Crippen MR) is 99.7 cm³/mol. The third-order valence-corrected chi connectivity index (χ3v) is 5.18. The molecular formula is C19H26N6O. The summed E-state index contributed by atoms with van der Waals surface area (Å²) in [5.41, 5.74) is 2.10. The van der Waals surface area contributed by atoms with E-state index in [-0.39, 0.29) is 6.03 Å². The van der Waals surface area contributed by atoms with Crippen LogP contribution in [0.3, 0.4) is 0 Å². The lowest BCUT2D eigenvalue weighted by atomic mass is 9.94. The molecule has 1 aliphatic heterocycles. The maximum absolute atomic E-state index is 12.8. The minimum atomic E-state index is -0.0670. The lowest BCUT2D eigenvalue weighted by Gasteiger charge is -2.22. The largest absolute Gasteiger partial charge is 0.323 e. The van der Waals surface area contributed by atoms with Crippen molar-refractivity contribution in [2.75, 3.05) is 11.9 Å². The zero-order valence-electron chi connectivity index (χ0n) is 15.3. The van der Waals surface area contributed by atoms with E-state index in [4.69, 9.17) is 0 Å². The molecule has 2 amide bonds. The highest BCUT2D eigenvalue weighted by Gasteiger charge is 2.21. The molecule has 4 rings (SSSR count). The Morgan fingerprint density at radius 1 is 1.35 bits per heavy atom. The Hall–Kier alpha value is -2.57. The fraction of sp³-hybridized carbons (Fsp3) is 0.526. The molecule has 0 radical (unpaired) electrons. The summed E-state index contributed by atoms with van der Waals surface area (Å²) in [4.78, 5) is 14.7.